The Bertz CT molecular complexity index is 523. The molecule has 0 aromatic heterocycles. The summed E-state index contributed by atoms with van der Waals surface area (Å²) in [5.74, 6) is -1.38. The molecule has 94 valence electrons. The highest BCUT2D eigenvalue weighted by molar-refractivity contribution is 5.99. The quantitative estimate of drug-likeness (QED) is 0.605. The third-order valence-corrected chi connectivity index (χ3v) is 2.02. The highest BCUT2D eigenvalue weighted by atomic mass is 19.3. The lowest BCUT2D eigenvalue weighted by Gasteiger charge is -2.09. The number of rotatable bonds is 4. The van der Waals surface area contributed by atoms with Gasteiger partial charge in [0, 0.05) is 5.56 Å². The highest BCUT2D eigenvalue weighted by Gasteiger charge is 2.18. The number of hydrogen-bond acceptors (Lipinski definition) is 5. The first-order valence-corrected chi connectivity index (χ1v) is 4.60. The summed E-state index contributed by atoms with van der Waals surface area (Å²) >= 11 is 0. The van der Waals surface area contributed by atoms with Crippen molar-refractivity contribution in [2.75, 3.05) is 7.11 Å². The van der Waals surface area contributed by atoms with Gasteiger partial charge in [0.15, 0.2) is 6.29 Å². The van der Waals surface area contributed by atoms with E-state index in [-0.39, 0.29) is 16.7 Å². The summed E-state index contributed by atoms with van der Waals surface area (Å²) in [6, 6.07) is 3.45. The summed E-state index contributed by atoms with van der Waals surface area (Å²) in [5.41, 5.74) is -0.660. The zero-order chi connectivity index (χ0) is 13.7. The van der Waals surface area contributed by atoms with Gasteiger partial charge in [-0.25, -0.2) is 4.79 Å². The lowest BCUT2D eigenvalue weighted by Crippen LogP contribution is -2.09. The van der Waals surface area contributed by atoms with Crippen molar-refractivity contribution < 1.29 is 27.8 Å². The standard InChI is InChI=1S/C11H7F2NO4/c1-17-10(16)8-3-9(18-11(12)13)6(4-14)2-7(8)5-15/h2-3,5,11H,1H3. The molecule has 0 aliphatic heterocycles. The van der Waals surface area contributed by atoms with Crippen molar-refractivity contribution in [1.82, 2.24) is 0 Å². The molecule has 0 atom stereocenters. The maximum atomic E-state index is 12.1. The molecule has 0 bridgehead atoms. The fraction of sp³-hybridized carbons (Fsp3) is 0.182. The summed E-state index contributed by atoms with van der Waals surface area (Å²) < 4.78 is 32.7. The monoisotopic (exact) mass is 255 g/mol. The molecule has 0 unspecified atom stereocenters. The molecule has 0 saturated heterocycles. The van der Waals surface area contributed by atoms with Crippen LogP contribution >= 0.6 is 0 Å². The SMILES string of the molecule is COC(=O)c1cc(OC(F)F)c(C#N)cc1C=O. The van der Waals surface area contributed by atoms with Gasteiger partial charge < -0.3 is 9.47 Å². The van der Waals surface area contributed by atoms with Gasteiger partial charge >= 0.3 is 12.6 Å². The van der Waals surface area contributed by atoms with Crippen molar-refractivity contribution in [2.45, 2.75) is 6.61 Å². The van der Waals surface area contributed by atoms with Crippen LogP contribution in [0.4, 0.5) is 8.78 Å². The van der Waals surface area contributed by atoms with Gasteiger partial charge in [-0.3, -0.25) is 4.79 Å². The predicted octanol–water partition coefficient (Wildman–Crippen LogP) is 1.76. The number of hydrogen-bond donors (Lipinski definition) is 0. The average molecular weight is 255 g/mol. The van der Waals surface area contributed by atoms with Gasteiger partial charge in [-0.15, -0.1) is 0 Å². The van der Waals surface area contributed by atoms with Crippen LogP contribution in [0.25, 0.3) is 0 Å². The van der Waals surface area contributed by atoms with Crippen molar-refractivity contribution in [3.63, 3.8) is 0 Å². The summed E-state index contributed by atoms with van der Waals surface area (Å²) in [6.07, 6.45) is 0.319. The number of alkyl halides is 2. The van der Waals surface area contributed by atoms with Crippen LogP contribution in [0.2, 0.25) is 0 Å². The van der Waals surface area contributed by atoms with E-state index in [9.17, 15) is 18.4 Å². The number of benzene rings is 1. The molecule has 0 radical (unpaired) electrons. The summed E-state index contributed by atoms with van der Waals surface area (Å²) in [6.45, 7) is -3.15. The van der Waals surface area contributed by atoms with Gasteiger partial charge in [-0.2, -0.15) is 14.0 Å². The number of nitrogens with zero attached hydrogens (tertiary/aromatic N) is 1. The molecule has 1 aromatic carbocycles. The fourth-order valence-electron chi connectivity index (χ4n) is 1.26. The molecule has 0 heterocycles. The predicted molar refractivity (Wildman–Crippen MR) is 54.5 cm³/mol. The molecule has 0 amide bonds. The Balaban J connectivity index is 3.39. The van der Waals surface area contributed by atoms with E-state index in [4.69, 9.17) is 5.26 Å². The molecule has 0 aliphatic carbocycles. The minimum absolute atomic E-state index is 0.139. The van der Waals surface area contributed by atoms with Crippen molar-refractivity contribution in [2.24, 2.45) is 0 Å². The van der Waals surface area contributed by atoms with E-state index in [0.29, 0.717) is 6.29 Å². The van der Waals surface area contributed by atoms with Crippen LogP contribution in [0.15, 0.2) is 12.1 Å². The molecule has 7 heteroatoms. The van der Waals surface area contributed by atoms with Gasteiger partial charge in [0.25, 0.3) is 0 Å². The third-order valence-electron chi connectivity index (χ3n) is 2.02. The van der Waals surface area contributed by atoms with Gasteiger partial charge in [0.2, 0.25) is 0 Å². The Morgan fingerprint density at radius 3 is 2.61 bits per heavy atom. The van der Waals surface area contributed by atoms with E-state index in [1.54, 1.807) is 6.07 Å². The van der Waals surface area contributed by atoms with Crippen LogP contribution in [0, 0.1) is 11.3 Å². The Morgan fingerprint density at radius 2 is 2.17 bits per heavy atom. The largest absolute Gasteiger partial charge is 0.465 e. The lowest BCUT2D eigenvalue weighted by molar-refractivity contribution is -0.0501. The molecule has 1 aromatic rings. The van der Waals surface area contributed by atoms with E-state index >= 15 is 0 Å². The first-order valence-electron chi connectivity index (χ1n) is 4.60. The maximum Gasteiger partial charge on any atom is 0.387 e. The van der Waals surface area contributed by atoms with Crippen molar-refractivity contribution in [3.8, 4) is 11.8 Å². The lowest BCUT2D eigenvalue weighted by atomic mass is 10.0. The highest BCUT2D eigenvalue weighted by Crippen LogP contribution is 2.24. The second kappa shape index (κ2) is 5.72. The molecule has 0 N–H and O–H groups in total. The van der Waals surface area contributed by atoms with Crippen LogP contribution in [0.3, 0.4) is 0 Å². The Kier molecular flexibility index (Phi) is 4.32. The number of ether oxygens (including phenoxy) is 2. The van der Waals surface area contributed by atoms with Crippen LogP contribution in [-0.2, 0) is 4.74 Å². The summed E-state index contributed by atoms with van der Waals surface area (Å²) in [5, 5.41) is 8.73. The number of halogens is 2. The van der Waals surface area contributed by atoms with Gasteiger partial charge in [-0.1, -0.05) is 0 Å². The number of esters is 1. The van der Waals surface area contributed by atoms with Crippen LogP contribution in [-0.4, -0.2) is 26.0 Å². The Morgan fingerprint density at radius 1 is 1.50 bits per heavy atom. The topological polar surface area (TPSA) is 76.4 Å². The van der Waals surface area contributed by atoms with Crippen molar-refractivity contribution >= 4 is 12.3 Å². The van der Waals surface area contributed by atoms with E-state index < -0.39 is 18.3 Å². The second-order valence-corrected chi connectivity index (χ2v) is 3.04. The van der Waals surface area contributed by atoms with Gasteiger partial charge in [-0.05, 0) is 12.1 Å². The molecule has 18 heavy (non-hydrogen) atoms. The first kappa shape index (κ1) is 13.6. The van der Waals surface area contributed by atoms with Crippen molar-refractivity contribution in [3.05, 3.63) is 28.8 Å². The minimum atomic E-state index is -3.15. The van der Waals surface area contributed by atoms with Crippen molar-refractivity contribution in [1.29, 1.82) is 5.26 Å². The minimum Gasteiger partial charge on any atom is -0.465 e. The normalized spacial score (nSPS) is 9.72. The van der Waals surface area contributed by atoms with Crippen LogP contribution in [0.5, 0.6) is 5.75 Å². The molecule has 0 fully saturated rings. The van der Waals surface area contributed by atoms with Gasteiger partial charge in [0.05, 0.1) is 18.2 Å². The van der Waals surface area contributed by atoms with Gasteiger partial charge in [0.1, 0.15) is 11.8 Å². The van der Waals surface area contributed by atoms with E-state index in [1.165, 1.54) is 0 Å². The van der Waals surface area contributed by atoms with Crippen LogP contribution in [0.1, 0.15) is 26.3 Å². The number of carbonyl (C=O) groups is 2. The molecule has 5 nitrogen and oxygen atoms in total. The van der Waals surface area contributed by atoms with E-state index in [2.05, 4.69) is 9.47 Å². The number of nitriles is 1. The summed E-state index contributed by atoms with van der Waals surface area (Å²) in [4.78, 5) is 22.1. The molecular weight excluding hydrogens is 248 g/mol. The zero-order valence-electron chi connectivity index (χ0n) is 9.15. The van der Waals surface area contributed by atoms with E-state index in [1.807, 2.05) is 0 Å². The maximum absolute atomic E-state index is 12.1. The molecule has 0 saturated carbocycles. The number of carbonyl (C=O) groups excluding carboxylic acids is 2. The molecule has 0 aliphatic rings. The number of methoxy groups -OCH3 is 1. The molecule has 1 rings (SSSR count). The Hall–Kier alpha value is -2.49. The number of aldehydes is 1. The first-order chi connectivity index (χ1) is 8.53. The molecule has 0 spiro atoms. The zero-order valence-corrected chi connectivity index (χ0v) is 9.15. The van der Waals surface area contributed by atoms with E-state index in [0.717, 1.165) is 19.2 Å². The summed E-state index contributed by atoms with van der Waals surface area (Å²) in [7, 11) is 1.07. The average Bonchev–Trinajstić information content (AvgIpc) is 2.36. The smallest absolute Gasteiger partial charge is 0.387 e. The third kappa shape index (κ3) is 2.79. The van der Waals surface area contributed by atoms with Crippen LogP contribution < -0.4 is 4.74 Å². The second-order valence-electron chi connectivity index (χ2n) is 3.04. The molecular formula is C11H7F2NO4. The fourth-order valence-corrected chi connectivity index (χ4v) is 1.26. The Labute approximate surface area is 101 Å².